The Morgan fingerprint density at radius 2 is 2.31 bits per heavy atom. The van der Waals surface area contributed by atoms with Gasteiger partial charge in [0.2, 0.25) is 0 Å². The molecule has 3 rings (SSSR count). The van der Waals surface area contributed by atoms with Crippen LogP contribution in [0.25, 0.3) is 11.0 Å². The number of ether oxygens (including phenoxy) is 1. The van der Waals surface area contributed by atoms with Crippen LogP contribution in [-0.2, 0) is 12.8 Å². The van der Waals surface area contributed by atoms with Gasteiger partial charge in [-0.2, -0.15) is 0 Å². The van der Waals surface area contributed by atoms with Crippen molar-refractivity contribution in [3.05, 3.63) is 29.0 Å². The van der Waals surface area contributed by atoms with Gasteiger partial charge in [-0.15, -0.1) is 0 Å². The van der Waals surface area contributed by atoms with E-state index >= 15 is 0 Å². The Kier molecular flexibility index (Phi) is 2.14. The molecule has 0 saturated heterocycles. The number of benzene rings is 1. The standard InChI is InChI=1S/C13H15NO2/c1-8-9-3-6-16-13(9)10(2-5-14)11-4-7-15-12(8)11/h4,7H,2-3,5-6,14H2,1H3. The third-order valence-electron chi connectivity index (χ3n) is 3.32. The molecule has 0 atom stereocenters. The van der Waals surface area contributed by atoms with Gasteiger partial charge < -0.3 is 14.9 Å². The Labute approximate surface area is 94.2 Å². The van der Waals surface area contributed by atoms with E-state index in [-0.39, 0.29) is 0 Å². The lowest BCUT2D eigenvalue weighted by molar-refractivity contribution is 0.354. The Balaban J connectivity index is 2.36. The first kappa shape index (κ1) is 9.73. The van der Waals surface area contributed by atoms with Crippen LogP contribution in [0, 0.1) is 6.92 Å². The lowest BCUT2D eigenvalue weighted by Crippen LogP contribution is -2.05. The molecule has 1 aliphatic heterocycles. The van der Waals surface area contributed by atoms with Gasteiger partial charge >= 0.3 is 0 Å². The van der Waals surface area contributed by atoms with E-state index in [0.29, 0.717) is 6.54 Å². The van der Waals surface area contributed by atoms with Gasteiger partial charge in [-0.25, -0.2) is 0 Å². The molecule has 0 bridgehead atoms. The lowest BCUT2D eigenvalue weighted by atomic mass is 9.97. The fourth-order valence-electron chi connectivity index (χ4n) is 2.57. The van der Waals surface area contributed by atoms with Gasteiger partial charge in [-0.1, -0.05) is 0 Å². The summed E-state index contributed by atoms with van der Waals surface area (Å²) in [4.78, 5) is 0. The van der Waals surface area contributed by atoms with Crippen LogP contribution in [0.2, 0.25) is 0 Å². The van der Waals surface area contributed by atoms with Crippen LogP contribution in [0.4, 0.5) is 0 Å². The highest BCUT2D eigenvalue weighted by molar-refractivity contribution is 5.88. The number of hydrogen-bond acceptors (Lipinski definition) is 3. The number of rotatable bonds is 2. The predicted molar refractivity (Wildman–Crippen MR) is 62.9 cm³/mol. The van der Waals surface area contributed by atoms with Crippen LogP contribution in [0.5, 0.6) is 5.75 Å². The van der Waals surface area contributed by atoms with Crippen LogP contribution in [0.3, 0.4) is 0 Å². The zero-order valence-corrected chi connectivity index (χ0v) is 9.38. The van der Waals surface area contributed by atoms with Gasteiger partial charge in [0.25, 0.3) is 0 Å². The van der Waals surface area contributed by atoms with Crippen molar-refractivity contribution >= 4 is 11.0 Å². The molecule has 16 heavy (non-hydrogen) atoms. The first-order chi connectivity index (χ1) is 7.83. The highest BCUT2D eigenvalue weighted by Gasteiger charge is 2.23. The summed E-state index contributed by atoms with van der Waals surface area (Å²) in [5.74, 6) is 1.05. The van der Waals surface area contributed by atoms with Crippen molar-refractivity contribution in [2.45, 2.75) is 19.8 Å². The van der Waals surface area contributed by atoms with E-state index in [4.69, 9.17) is 14.9 Å². The molecule has 2 aromatic rings. The lowest BCUT2D eigenvalue weighted by Gasteiger charge is -2.10. The summed E-state index contributed by atoms with van der Waals surface area (Å²) in [5.41, 5.74) is 10.4. The van der Waals surface area contributed by atoms with Crippen molar-refractivity contribution < 1.29 is 9.15 Å². The second-order valence-electron chi connectivity index (χ2n) is 4.21. The van der Waals surface area contributed by atoms with Gasteiger partial charge in [-0.3, -0.25) is 0 Å². The molecule has 0 unspecified atom stereocenters. The van der Waals surface area contributed by atoms with Crippen molar-refractivity contribution in [1.82, 2.24) is 0 Å². The quantitative estimate of drug-likeness (QED) is 0.838. The summed E-state index contributed by atoms with van der Waals surface area (Å²) >= 11 is 0. The molecule has 1 aromatic carbocycles. The van der Waals surface area contributed by atoms with E-state index in [9.17, 15) is 0 Å². The Hall–Kier alpha value is -1.48. The van der Waals surface area contributed by atoms with Crippen molar-refractivity contribution in [3.63, 3.8) is 0 Å². The maximum Gasteiger partial charge on any atom is 0.137 e. The molecular weight excluding hydrogens is 202 g/mol. The molecule has 84 valence electrons. The van der Waals surface area contributed by atoms with Crippen LogP contribution in [-0.4, -0.2) is 13.2 Å². The molecule has 1 aromatic heterocycles. The Morgan fingerprint density at radius 1 is 1.44 bits per heavy atom. The minimum Gasteiger partial charge on any atom is -0.493 e. The number of aryl methyl sites for hydroxylation is 1. The average Bonchev–Trinajstić information content (AvgIpc) is 2.92. The number of furan rings is 1. The predicted octanol–water partition coefficient (Wildman–Crippen LogP) is 2.18. The van der Waals surface area contributed by atoms with E-state index in [0.717, 1.165) is 36.2 Å². The molecule has 0 fully saturated rings. The van der Waals surface area contributed by atoms with Crippen LogP contribution in [0.1, 0.15) is 16.7 Å². The minimum atomic E-state index is 0.638. The highest BCUT2D eigenvalue weighted by Crippen LogP contribution is 2.39. The molecule has 0 saturated carbocycles. The first-order valence-electron chi connectivity index (χ1n) is 5.67. The molecule has 2 N–H and O–H groups in total. The minimum absolute atomic E-state index is 0.638. The second-order valence-corrected chi connectivity index (χ2v) is 4.21. The summed E-state index contributed by atoms with van der Waals surface area (Å²) in [7, 11) is 0. The van der Waals surface area contributed by atoms with Crippen molar-refractivity contribution in [2.24, 2.45) is 5.73 Å². The zero-order valence-electron chi connectivity index (χ0n) is 9.38. The maximum atomic E-state index is 5.74. The van der Waals surface area contributed by atoms with Crippen LogP contribution < -0.4 is 10.5 Å². The topological polar surface area (TPSA) is 48.4 Å². The monoisotopic (exact) mass is 217 g/mol. The summed E-state index contributed by atoms with van der Waals surface area (Å²) in [6.07, 6.45) is 3.57. The van der Waals surface area contributed by atoms with E-state index < -0.39 is 0 Å². The normalized spacial score (nSPS) is 14.1. The Bertz CT molecular complexity index is 542. The molecule has 3 nitrogen and oxygen atoms in total. The van der Waals surface area contributed by atoms with Gasteiger partial charge in [0.15, 0.2) is 0 Å². The van der Waals surface area contributed by atoms with Gasteiger partial charge in [-0.05, 0) is 31.5 Å². The number of hydrogen-bond donors (Lipinski definition) is 1. The molecular formula is C13H15NO2. The summed E-state index contributed by atoms with van der Waals surface area (Å²) in [6, 6.07) is 2.01. The van der Waals surface area contributed by atoms with E-state index in [1.165, 1.54) is 16.7 Å². The smallest absolute Gasteiger partial charge is 0.137 e. The molecule has 0 amide bonds. The SMILES string of the molecule is Cc1c2c(c(CCN)c3ccoc13)OCC2. The second kappa shape index (κ2) is 3.52. The van der Waals surface area contributed by atoms with Crippen LogP contribution >= 0.6 is 0 Å². The number of fused-ring (bicyclic) bond motifs is 2. The molecule has 3 heteroatoms. The third kappa shape index (κ3) is 1.18. The first-order valence-corrected chi connectivity index (χ1v) is 5.67. The molecule has 1 aliphatic rings. The molecule has 0 radical (unpaired) electrons. The Morgan fingerprint density at radius 3 is 3.12 bits per heavy atom. The van der Waals surface area contributed by atoms with Crippen molar-refractivity contribution in [2.75, 3.05) is 13.2 Å². The van der Waals surface area contributed by atoms with Gasteiger partial charge in [0.1, 0.15) is 11.3 Å². The van der Waals surface area contributed by atoms with E-state index in [1.54, 1.807) is 6.26 Å². The summed E-state index contributed by atoms with van der Waals surface area (Å²) < 4.78 is 11.3. The summed E-state index contributed by atoms with van der Waals surface area (Å²) in [6.45, 7) is 3.52. The third-order valence-corrected chi connectivity index (χ3v) is 3.32. The maximum absolute atomic E-state index is 5.74. The molecule has 2 heterocycles. The van der Waals surface area contributed by atoms with Gasteiger partial charge in [0, 0.05) is 22.9 Å². The zero-order chi connectivity index (χ0) is 11.1. The molecule has 0 spiro atoms. The molecule has 0 aliphatic carbocycles. The van der Waals surface area contributed by atoms with Gasteiger partial charge in [0.05, 0.1) is 12.9 Å². The fraction of sp³-hybridized carbons (Fsp3) is 0.385. The number of nitrogens with two attached hydrogens (primary N) is 1. The average molecular weight is 217 g/mol. The van der Waals surface area contributed by atoms with Crippen LogP contribution in [0.15, 0.2) is 16.7 Å². The van der Waals surface area contributed by atoms with Crippen molar-refractivity contribution in [1.29, 1.82) is 0 Å². The summed E-state index contributed by atoms with van der Waals surface area (Å²) in [5, 5.41) is 1.16. The largest absolute Gasteiger partial charge is 0.493 e. The van der Waals surface area contributed by atoms with Crippen molar-refractivity contribution in [3.8, 4) is 5.75 Å². The highest BCUT2D eigenvalue weighted by atomic mass is 16.5. The van der Waals surface area contributed by atoms with E-state index in [2.05, 4.69) is 6.92 Å². The fourth-order valence-corrected chi connectivity index (χ4v) is 2.57. The van der Waals surface area contributed by atoms with E-state index in [1.807, 2.05) is 6.07 Å².